The Bertz CT molecular complexity index is 829. The molecule has 0 amide bonds. The van der Waals surface area contributed by atoms with Crippen LogP contribution in [-0.2, 0) is 11.3 Å². The first kappa shape index (κ1) is 19.3. The molecule has 1 atom stereocenters. The smallest absolute Gasteiger partial charge is 0.364 e. The summed E-state index contributed by atoms with van der Waals surface area (Å²) < 4.78 is 13.2. The summed E-state index contributed by atoms with van der Waals surface area (Å²) in [6, 6.07) is 12.1. The van der Waals surface area contributed by atoms with Crippen molar-refractivity contribution in [3.63, 3.8) is 0 Å². The van der Waals surface area contributed by atoms with E-state index in [1.165, 1.54) is 17.8 Å². The van der Waals surface area contributed by atoms with Crippen LogP contribution in [0.25, 0.3) is 6.08 Å². The first-order valence-electron chi connectivity index (χ1n) is 8.80. The number of nitrogens with zero attached hydrogens (tertiary/aromatic N) is 2. The number of aliphatic carboxylic acids is 1. The summed E-state index contributed by atoms with van der Waals surface area (Å²) in [6.45, 7) is 2.83. The number of carbonyl (C=O) groups is 1. The molecule has 142 valence electrons. The molecule has 1 fully saturated rings. The lowest BCUT2D eigenvalue weighted by atomic mass is 10.0. The molecule has 27 heavy (non-hydrogen) atoms. The predicted octanol–water partition coefficient (Wildman–Crippen LogP) is 4.21. The van der Waals surface area contributed by atoms with Crippen molar-refractivity contribution in [2.45, 2.75) is 25.4 Å². The van der Waals surface area contributed by atoms with E-state index in [0.29, 0.717) is 16.4 Å². The van der Waals surface area contributed by atoms with E-state index in [1.807, 2.05) is 18.2 Å². The Balaban J connectivity index is 1.62. The van der Waals surface area contributed by atoms with Crippen LogP contribution in [0.2, 0.25) is 5.02 Å². The van der Waals surface area contributed by atoms with Gasteiger partial charge in [-0.2, -0.15) is 4.39 Å². The third-order valence-electron chi connectivity index (χ3n) is 4.46. The average Bonchev–Trinajstić information content (AvgIpc) is 2.65. The van der Waals surface area contributed by atoms with E-state index in [0.717, 1.165) is 38.6 Å². The van der Waals surface area contributed by atoms with E-state index in [9.17, 15) is 9.18 Å². The van der Waals surface area contributed by atoms with Crippen LogP contribution >= 0.6 is 11.6 Å². The van der Waals surface area contributed by atoms with Crippen molar-refractivity contribution in [1.82, 2.24) is 9.88 Å². The number of aromatic nitrogens is 1. The zero-order valence-corrected chi connectivity index (χ0v) is 15.5. The molecule has 0 aliphatic carbocycles. The lowest BCUT2D eigenvalue weighted by Crippen LogP contribution is -2.41. The number of carboxylic acids is 1. The van der Waals surface area contributed by atoms with E-state index in [-0.39, 0.29) is 6.04 Å². The molecule has 0 bridgehead atoms. The summed E-state index contributed by atoms with van der Waals surface area (Å²) in [4.78, 5) is 17.2. The molecule has 2 aromatic rings. The van der Waals surface area contributed by atoms with Crippen LogP contribution in [-0.4, -0.2) is 40.1 Å². The van der Waals surface area contributed by atoms with Crippen LogP contribution in [0.3, 0.4) is 0 Å². The van der Waals surface area contributed by atoms with Gasteiger partial charge in [0, 0.05) is 25.3 Å². The van der Waals surface area contributed by atoms with E-state index >= 15 is 0 Å². The largest absolute Gasteiger partial charge is 0.476 e. The van der Waals surface area contributed by atoms with Crippen molar-refractivity contribution >= 4 is 29.5 Å². The number of hydrogen-bond acceptors (Lipinski definition) is 4. The van der Waals surface area contributed by atoms with E-state index in [2.05, 4.69) is 27.3 Å². The lowest BCUT2D eigenvalue weighted by molar-refractivity contribution is -0.134. The highest BCUT2D eigenvalue weighted by atomic mass is 35.5. The van der Waals surface area contributed by atoms with Gasteiger partial charge >= 0.3 is 5.97 Å². The first-order chi connectivity index (χ1) is 13.0. The Morgan fingerprint density at radius 3 is 2.89 bits per heavy atom. The van der Waals surface area contributed by atoms with E-state index in [4.69, 9.17) is 16.7 Å². The standard InChI is InChI=1S/C20H21ClFN3O2/c21-17-9-15(10-18(22)20(26)27)11-23-19(17)24-16-7-4-8-25(13-16)12-14-5-2-1-3-6-14/h1-3,5-6,9-11,16H,4,7-8,12-13H2,(H,23,24)(H,26,27)/b18-10-/t16-/m1/s1. The third kappa shape index (κ3) is 5.52. The van der Waals surface area contributed by atoms with Crippen LogP contribution in [0, 0.1) is 0 Å². The van der Waals surface area contributed by atoms with Gasteiger partial charge in [0.15, 0.2) is 0 Å². The number of carboxylic acid groups (broad SMARTS) is 1. The predicted molar refractivity (Wildman–Crippen MR) is 104 cm³/mol. The van der Waals surface area contributed by atoms with Crippen molar-refractivity contribution in [3.05, 3.63) is 64.6 Å². The third-order valence-corrected chi connectivity index (χ3v) is 4.74. The van der Waals surface area contributed by atoms with Gasteiger partial charge in [-0.25, -0.2) is 9.78 Å². The molecule has 0 radical (unpaired) electrons. The van der Waals surface area contributed by atoms with Crippen molar-refractivity contribution in [3.8, 4) is 0 Å². The van der Waals surface area contributed by atoms with Gasteiger partial charge < -0.3 is 10.4 Å². The maximum Gasteiger partial charge on any atom is 0.364 e. The van der Waals surface area contributed by atoms with E-state index < -0.39 is 11.8 Å². The summed E-state index contributed by atoms with van der Waals surface area (Å²) in [5, 5.41) is 12.3. The second-order valence-corrected chi connectivity index (χ2v) is 7.01. The highest BCUT2D eigenvalue weighted by Crippen LogP contribution is 2.24. The molecule has 0 spiro atoms. The normalized spacial score (nSPS) is 18.3. The summed E-state index contributed by atoms with van der Waals surface area (Å²) in [5.41, 5.74) is 1.59. The molecule has 0 unspecified atom stereocenters. The van der Waals surface area contributed by atoms with Gasteiger partial charge in [-0.15, -0.1) is 0 Å². The molecule has 1 aromatic heterocycles. The van der Waals surface area contributed by atoms with Gasteiger partial charge in [0.05, 0.1) is 5.02 Å². The van der Waals surface area contributed by atoms with Crippen molar-refractivity contribution < 1.29 is 14.3 Å². The molecule has 5 nitrogen and oxygen atoms in total. The maximum absolute atomic E-state index is 13.2. The van der Waals surface area contributed by atoms with Gasteiger partial charge in [0.2, 0.25) is 5.83 Å². The van der Waals surface area contributed by atoms with Gasteiger partial charge in [-0.1, -0.05) is 41.9 Å². The zero-order valence-electron chi connectivity index (χ0n) is 14.7. The summed E-state index contributed by atoms with van der Waals surface area (Å²) in [7, 11) is 0. The molecule has 1 aliphatic rings. The second kappa shape index (κ2) is 8.97. The van der Waals surface area contributed by atoms with E-state index in [1.54, 1.807) is 0 Å². The minimum atomic E-state index is -1.62. The number of halogens is 2. The summed E-state index contributed by atoms with van der Waals surface area (Å²) in [5.74, 6) is -2.34. The molecule has 3 rings (SSSR count). The fourth-order valence-corrected chi connectivity index (χ4v) is 3.43. The fourth-order valence-electron chi connectivity index (χ4n) is 3.20. The Morgan fingerprint density at radius 1 is 1.41 bits per heavy atom. The number of benzene rings is 1. The highest BCUT2D eigenvalue weighted by molar-refractivity contribution is 6.33. The monoisotopic (exact) mass is 389 g/mol. The van der Waals surface area contributed by atoms with Crippen LogP contribution in [0.1, 0.15) is 24.0 Å². The quantitative estimate of drug-likeness (QED) is 0.724. The number of likely N-dealkylation sites (tertiary alicyclic amines) is 1. The molecule has 1 aliphatic heterocycles. The minimum Gasteiger partial charge on any atom is -0.476 e. The number of rotatable bonds is 6. The second-order valence-electron chi connectivity index (χ2n) is 6.60. The lowest BCUT2D eigenvalue weighted by Gasteiger charge is -2.33. The fraction of sp³-hybridized carbons (Fsp3) is 0.300. The Kier molecular flexibility index (Phi) is 6.42. The SMILES string of the molecule is O=C(O)/C(F)=C/c1cnc(N[C@@H]2CCCN(Cc3ccccc3)C2)c(Cl)c1. The maximum atomic E-state index is 13.2. The number of pyridine rings is 1. The molecule has 1 aromatic carbocycles. The van der Waals surface area contributed by atoms with Crippen LogP contribution in [0.4, 0.5) is 10.2 Å². The Labute approximate surface area is 162 Å². The van der Waals surface area contributed by atoms with Crippen molar-refractivity contribution in [2.75, 3.05) is 18.4 Å². The average molecular weight is 390 g/mol. The molecular weight excluding hydrogens is 369 g/mol. The van der Waals surface area contributed by atoms with Crippen LogP contribution < -0.4 is 5.32 Å². The molecule has 0 saturated carbocycles. The first-order valence-corrected chi connectivity index (χ1v) is 9.18. The Morgan fingerprint density at radius 2 is 2.19 bits per heavy atom. The summed E-state index contributed by atoms with van der Waals surface area (Å²) >= 11 is 6.24. The molecular formula is C20H21ClFN3O2. The summed E-state index contributed by atoms with van der Waals surface area (Å²) in [6.07, 6.45) is 4.39. The molecule has 1 saturated heterocycles. The van der Waals surface area contributed by atoms with Gasteiger partial charge in [0.1, 0.15) is 5.82 Å². The molecule has 7 heteroatoms. The van der Waals surface area contributed by atoms with Crippen LogP contribution in [0.15, 0.2) is 48.4 Å². The van der Waals surface area contributed by atoms with Crippen LogP contribution in [0.5, 0.6) is 0 Å². The zero-order chi connectivity index (χ0) is 19.2. The van der Waals surface area contributed by atoms with Gasteiger partial charge in [-0.05, 0) is 42.7 Å². The molecule has 2 N–H and O–H groups in total. The van der Waals surface area contributed by atoms with Gasteiger partial charge in [-0.3, -0.25) is 4.90 Å². The highest BCUT2D eigenvalue weighted by Gasteiger charge is 2.21. The number of piperidine rings is 1. The minimum absolute atomic E-state index is 0.213. The topological polar surface area (TPSA) is 65.5 Å². The molecule has 2 heterocycles. The van der Waals surface area contributed by atoms with Crippen molar-refractivity contribution in [2.24, 2.45) is 0 Å². The number of anilines is 1. The van der Waals surface area contributed by atoms with Gasteiger partial charge in [0.25, 0.3) is 0 Å². The van der Waals surface area contributed by atoms with Crippen molar-refractivity contribution in [1.29, 1.82) is 0 Å². The number of nitrogens with one attached hydrogen (secondary N) is 1. The number of hydrogen-bond donors (Lipinski definition) is 2. The Hall–Kier alpha value is -2.44.